The van der Waals surface area contributed by atoms with Crippen LogP contribution in [0.15, 0.2) is 60.9 Å². The smallest absolute Gasteiger partial charge is 0.224 e. The van der Waals surface area contributed by atoms with E-state index in [0.717, 1.165) is 55.3 Å². The molecule has 10 heteroatoms. The third-order valence-electron chi connectivity index (χ3n) is 7.89. The summed E-state index contributed by atoms with van der Waals surface area (Å²) in [4.78, 5) is 13.8. The van der Waals surface area contributed by atoms with E-state index in [9.17, 15) is 17.6 Å². The molecule has 0 radical (unpaired) electrons. The fourth-order valence-electron chi connectivity index (χ4n) is 5.17. The van der Waals surface area contributed by atoms with Gasteiger partial charge in [-0.1, -0.05) is 43.5 Å². The standard InChI is InChI=1S/C19H18FN3O2S.C11H16N2O.H2/c20-18-3-1-2-4-19(18)23-14-16(13-21-23)15-5-7-17(8-6-15)22-9-11-26(24,25)12-10-22;12-8-11(6-7-11)13-10(14)9-4-2-1-3-5-9;/h1-8,13-14H,9-12H2;9H,1-7H2,(H,13,14);1H. The molecule has 0 bridgehead atoms. The molecule has 0 atom stereocenters. The maximum Gasteiger partial charge on any atom is 0.224 e. The number of nitrogens with zero attached hydrogens (tertiary/aromatic N) is 4. The highest BCUT2D eigenvalue weighted by Gasteiger charge is 2.45. The number of para-hydroxylation sites is 1. The lowest BCUT2D eigenvalue weighted by Crippen LogP contribution is -2.40. The Bertz CT molecular complexity index is 1480. The van der Waals surface area contributed by atoms with Gasteiger partial charge >= 0.3 is 0 Å². The number of carbonyl (C=O) groups excluding carboxylic acids is 1. The molecule has 1 N–H and O–H groups in total. The molecule has 1 aromatic heterocycles. The van der Waals surface area contributed by atoms with Crippen LogP contribution in [-0.4, -0.2) is 54.2 Å². The summed E-state index contributed by atoms with van der Waals surface area (Å²) in [5.74, 6) is 0.366. The fourth-order valence-corrected chi connectivity index (χ4v) is 6.37. The van der Waals surface area contributed by atoms with Crippen LogP contribution in [0, 0.1) is 23.1 Å². The quantitative estimate of drug-likeness (QED) is 0.472. The normalized spacial score (nSPS) is 19.6. The molecule has 3 fully saturated rings. The van der Waals surface area contributed by atoms with Crippen LogP contribution >= 0.6 is 0 Å². The maximum absolute atomic E-state index is 13.9. The number of aromatic nitrogens is 2. The summed E-state index contributed by atoms with van der Waals surface area (Å²) in [5.41, 5.74) is 2.80. The van der Waals surface area contributed by atoms with Crippen LogP contribution in [0.1, 0.15) is 46.4 Å². The second kappa shape index (κ2) is 11.8. The van der Waals surface area contributed by atoms with Gasteiger partial charge in [0.2, 0.25) is 5.91 Å². The van der Waals surface area contributed by atoms with Gasteiger partial charge in [0.15, 0.2) is 9.84 Å². The summed E-state index contributed by atoms with van der Waals surface area (Å²) in [6.07, 6.45) is 10.8. The van der Waals surface area contributed by atoms with E-state index in [-0.39, 0.29) is 30.6 Å². The number of amides is 1. The van der Waals surface area contributed by atoms with E-state index >= 15 is 0 Å². The SMILES string of the molecule is N#CC1(NC(=O)C2CCCCC2)CC1.O=S1(=O)CCN(c2ccc(-c3cnn(-c4ccccc4F)c3)cc2)CC1.[HH]. The minimum Gasteiger partial charge on any atom is -0.369 e. The van der Waals surface area contributed by atoms with Gasteiger partial charge in [-0.3, -0.25) is 4.79 Å². The number of nitrogens with one attached hydrogen (secondary N) is 1. The Morgan fingerprint density at radius 2 is 1.70 bits per heavy atom. The molecule has 1 aliphatic heterocycles. The maximum atomic E-state index is 13.9. The van der Waals surface area contributed by atoms with Gasteiger partial charge in [0.05, 0.1) is 23.8 Å². The summed E-state index contributed by atoms with van der Waals surface area (Å²) in [6, 6.07) is 16.6. The van der Waals surface area contributed by atoms with Gasteiger partial charge in [-0.05, 0) is 55.5 Å². The molecule has 2 aromatic carbocycles. The topological polar surface area (TPSA) is 108 Å². The number of hydrogen-bond acceptors (Lipinski definition) is 6. The molecular weight excluding hydrogens is 529 g/mol. The van der Waals surface area contributed by atoms with Crippen LogP contribution < -0.4 is 10.2 Å². The first-order valence-electron chi connectivity index (χ1n) is 13.9. The summed E-state index contributed by atoms with van der Waals surface area (Å²) < 4.78 is 38.5. The van der Waals surface area contributed by atoms with E-state index < -0.39 is 15.4 Å². The van der Waals surface area contributed by atoms with Crippen LogP contribution in [-0.2, 0) is 14.6 Å². The molecule has 2 heterocycles. The average Bonchev–Trinajstić information content (AvgIpc) is 3.58. The van der Waals surface area contributed by atoms with Gasteiger partial charge in [0.25, 0.3) is 0 Å². The van der Waals surface area contributed by atoms with Gasteiger partial charge in [-0.2, -0.15) is 10.4 Å². The molecule has 3 aromatic rings. The molecular formula is C30H36FN5O3S. The van der Waals surface area contributed by atoms with Crippen molar-refractivity contribution in [3.8, 4) is 22.9 Å². The second-order valence-electron chi connectivity index (χ2n) is 10.8. The Hall–Kier alpha value is -3.71. The first kappa shape index (κ1) is 27.8. The zero-order valence-corrected chi connectivity index (χ0v) is 23.2. The fraction of sp³-hybridized carbons (Fsp3) is 0.433. The second-order valence-corrected chi connectivity index (χ2v) is 13.1. The molecule has 0 spiro atoms. The van der Waals surface area contributed by atoms with Crippen molar-refractivity contribution in [1.82, 2.24) is 15.1 Å². The summed E-state index contributed by atoms with van der Waals surface area (Å²) >= 11 is 0. The molecule has 0 unspecified atom stereocenters. The predicted octanol–water partition coefficient (Wildman–Crippen LogP) is 4.90. The summed E-state index contributed by atoms with van der Waals surface area (Å²) in [5, 5.41) is 16.0. The van der Waals surface area contributed by atoms with Crippen LogP contribution in [0.3, 0.4) is 0 Å². The lowest BCUT2D eigenvalue weighted by Gasteiger charge is -2.28. The van der Waals surface area contributed by atoms with Crippen LogP contribution in [0.2, 0.25) is 0 Å². The Morgan fingerprint density at radius 3 is 2.33 bits per heavy atom. The van der Waals surface area contributed by atoms with E-state index in [1.807, 2.05) is 24.3 Å². The van der Waals surface area contributed by atoms with E-state index in [2.05, 4.69) is 21.4 Å². The third-order valence-corrected chi connectivity index (χ3v) is 9.50. The van der Waals surface area contributed by atoms with E-state index in [1.165, 1.54) is 17.2 Å². The number of benzene rings is 2. The molecule has 40 heavy (non-hydrogen) atoms. The summed E-state index contributed by atoms with van der Waals surface area (Å²) in [6.45, 7) is 1.04. The van der Waals surface area contributed by atoms with Gasteiger partial charge in [0.1, 0.15) is 17.0 Å². The molecule has 3 aliphatic rings. The van der Waals surface area contributed by atoms with E-state index in [1.54, 1.807) is 30.6 Å². The monoisotopic (exact) mass is 565 g/mol. The molecule has 2 saturated carbocycles. The van der Waals surface area contributed by atoms with Crippen molar-refractivity contribution in [3.05, 3.63) is 66.7 Å². The van der Waals surface area contributed by atoms with Crippen molar-refractivity contribution in [3.63, 3.8) is 0 Å². The van der Waals surface area contributed by atoms with Gasteiger partial charge in [-0.15, -0.1) is 0 Å². The molecule has 6 rings (SSSR count). The Kier molecular flexibility index (Phi) is 8.22. The molecule has 8 nitrogen and oxygen atoms in total. The molecule has 212 valence electrons. The number of anilines is 1. The average molecular weight is 566 g/mol. The zero-order chi connectivity index (χ0) is 28.2. The van der Waals surface area contributed by atoms with Crippen molar-refractivity contribution in [2.75, 3.05) is 29.5 Å². The first-order valence-corrected chi connectivity index (χ1v) is 15.7. The lowest BCUT2D eigenvalue weighted by molar-refractivity contribution is -0.126. The highest BCUT2D eigenvalue weighted by atomic mass is 32.2. The largest absolute Gasteiger partial charge is 0.369 e. The van der Waals surface area contributed by atoms with Crippen molar-refractivity contribution >= 4 is 21.4 Å². The van der Waals surface area contributed by atoms with Crippen molar-refractivity contribution in [2.24, 2.45) is 5.92 Å². The summed E-state index contributed by atoms with van der Waals surface area (Å²) in [7, 11) is -2.89. The van der Waals surface area contributed by atoms with E-state index in [0.29, 0.717) is 18.8 Å². The van der Waals surface area contributed by atoms with E-state index in [4.69, 9.17) is 5.26 Å². The third kappa shape index (κ3) is 6.70. The predicted molar refractivity (Wildman–Crippen MR) is 154 cm³/mol. The van der Waals surface area contributed by atoms with Crippen LogP contribution in [0.4, 0.5) is 10.1 Å². The van der Waals surface area contributed by atoms with Gasteiger partial charge in [-0.25, -0.2) is 17.5 Å². The van der Waals surface area contributed by atoms with Crippen LogP contribution in [0.5, 0.6) is 0 Å². The van der Waals surface area contributed by atoms with Gasteiger partial charge in [0, 0.05) is 37.9 Å². The van der Waals surface area contributed by atoms with Crippen molar-refractivity contribution in [1.29, 1.82) is 5.26 Å². The Morgan fingerprint density at radius 1 is 1.02 bits per heavy atom. The Labute approximate surface area is 236 Å². The number of rotatable bonds is 5. The minimum absolute atomic E-state index is 0. The lowest BCUT2D eigenvalue weighted by atomic mass is 9.88. The van der Waals surface area contributed by atoms with Gasteiger partial charge < -0.3 is 10.2 Å². The molecule has 2 aliphatic carbocycles. The number of sulfone groups is 1. The minimum atomic E-state index is -2.89. The Balaban J connectivity index is 0.000000219. The van der Waals surface area contributed by atoms with Crippen molar-refractivity contribution < 1.29 is 19.0 Å². The van der Waals surface area contributed by atoms with Crippen molar-refractivity contribution in [2.45, 2.75) is 50.5 Å². The number of halogens is 1. The highest BCUT2D eigenvalue weighted by Crippen LogP contribution is 2.35. The number of nitriles is 1. The molecule has 1 saturated heterocycles. The zero-order valence-electron chi connectivity index (χ0n) is 22.4. The highest BCUT2D eigenvalue weighted by molar-refractivity contribution is 7.91. The number of carbonyl (C=O) groups is 1. The first-order chi connectivity index (χ1) is 19.3. The van der Waals surface area contributed by atoms with Crippen LogP contribution in [0.25, 0.3) is 16.8 Å². The number of hydrogen-bond donors (Lipinski definition) is 1. The molecule has 1 amide bonds.